The van der Waals surface area contributed by atoms with Gasteiger partial charge in [0.1, 0.15) is 0 Å². The summed E-state index contributed by atoms with van der Waals surface area (Å²) in [5.74, 6) is 0.797. The maximum Gasteiger partial charge on any atom is 0.0580 e. The van der Waals surface area contributed by atoms with Crippen LogP contribution in [0.5, 0.6) is 0 Å². The summed E-state index contributed by atoms with van der Waals surface area (Å²) in [4.78, 5) is 0. The molecule has 0 spiro atoms. The van der Waals surface area contributed by atoms with Gasteiger partial charge < -0.3 is 10.1 Å². The molecule has 4 nitrogen and oxygen atoms in total. The van der Waals surface area contributed by atoms with Crippen LogP contribution in [-0.4, -0.2) is 29.0 Å². The molecule has 1 heterocycles. The summed E-state index contributed by atoms with van der Waals surface area (Å²) in [7, 11) is 1.98. The number of aryl methyl sites for hydroxylation is 1. The van der Waals surface area contributed by atoms with Crippen molar-refractivity contribution in [2.45, 2.75) is 51.7 Å². The Morgan fingerprint density at radius 1 is 1.47 bits per heavy atom. The van der Waals surface area contributed by atoms with Crippen LogP contribution in [0.15, 0.2) is 12.4 Å². The number of nitrogens with one attached hydrogen (secondary N) is 1. The molecule has 1 atom stereocenters. The highest BCUT2D eigenvalue weighted by molar-refractivity contribution is 5.11. The molecule has 2 rings (SSSR count). The Balaban J connectivity index is 1.85. The summed E-state index contributed by atoms with van der Waals surface area (Å²) >= 11 is 0. The molecule has 0 radical (unpaired) electrons. The first-order chi connectivity index (χ1) is 9.22. The van der Waals surface area contributed by atoms with E-state index in [1.165, 1.54) is 31.2 Å². The van der Waals surface area contributed by atoms with Crippen molar-refractivity contribution in [1.29, 1.82) is 0 Å². The van der Waals surface area contributed by atoms with Crippen molar-refractivity contribution in [1.82, 2.24) is 15.1 Å². The van der Waals surface area contributed by atoms with Gasteiger partial charge in [-0.1, -0.05) is 6.92 Å². The van der Waals surface area contributed by atoms with Crippen LogP contribution < -0.4 is 5.32 Å². The fourth-order valence-corrected chi connectivity index (χ4v) is 2.85. The molecule has 1 aromatic rings. The first-order valence-corrected chi connectivity index (χ1v) is 7.56. The third-order valence-electron chi connectivity index (χ3n) is 3.93. The van der Waals surface area contributed by atoms with Crippen LogP contribution in [0.3, 0.4) is 0 Å². The van der Waals surface area contributed by atoms with E-state index in [1.54, 1.807) is 0 Å². The lowest BCUT2D eigenvalue weighted by Crippen LogP contribution is -2.35. The van der Waals surface area contributed by atoms with Crippen molar-refractivity contribution in [2.24, 2.45) is 13.0 Å². The van der Waals surface area contributed by atoms with Crippen molar-refractivity contribution in [3.63, 3.8) is 0 Å². The zero-order chi connectivity index (χ0) is 13.7. The minimum Gasteiger partial charge on any atom is -0.378 e. The van der Waals surface area contributed by atoms with Gasteiger partial charge in [-0.25, -0.2) is 0 Å². The Hall–Kier alpha value is -0.870. The topological polar surface area (TPSA) is 39.1 Å². The van der Waals surface area contributed by atoms with Gasteiger partial charge in [0.2, 0.25) is 0 Å². The fraction of sp³-hybridized carbons (Fsp3) is 0.800. The van der Waals surface area contributed by atoms with E-state index >= 15 is 0 Å². The third-order valence-corrected chi connectivity index (χ3v) is 3.93. The van der Waals surface area contributed by atoms with Gasteiger partial charge >= 0.3 is 0 Å². The van der Waals surface area contributed by atoms with E-state index in [9.17, 15) is 0 Å². The molecule has 0 amide bonds. The molecule has 1 saturated carbocycles. The molecule has 1 unspecified atom stereocenters. The molecular formula is C15H27N3O. The second-order valence-corrected chi connectivity index (χ2v) is 5.60. The Morgan fingerprint density at radius 3 is 2.84 bits per heavy atom. The largest absolute Gasteiger partial charge is 0.378 e. The van der Waals surface area contributed by atoms with Crippen molar-refractivity contribution in [2.75, 3.05) is 13.2 Å². The summed E-state index contributed by atoms with van der Waals surface area (Å²) in [6, 6.07) is 0.446. The molecule has 0 saturated heterocycles. The van der Waals surface area contributed by atoms with Crippen molar-refractivity contribution < 1.29 is 4.74 Å². The smallest absolute Gasteiger partial charge is 0.0580 e. The van der Waals surface area contributed by atoms with Gasteiger partial charge in [0.05, 0.1) is 12.3 Å². The van der Waals surface area contributed by atoms with Gasteiger partial charge in [-0.15, -0.1) is 0 Å². The van der Waals surface area contributed by atoms with E-state index in [-0.39, 0.29) is 0 Å². The van der Waals surface area contributed by atoms with E-state index in [0.717, 1.165) is 19.1 Å². The number of rotatable bonds is 8. The number of ether oxygens (including phenoxy) is 1. The summed E-state index contributed by atoms with van der Waals surface area (Å²) in [5, 5.41) is 7.94. The molecule has 4 heteroatoms. The average molecular weight is 265 g/mol. The number of aromatic nitrogens is 2. The monoisotopic (exact) mass is 265 g/mol. The first kappa shape index (κ1) is 14.5. The van der Waals surface area contributed by atoms with Crippen LogP contribution in [0.1, 0.15) is 51.1 Å². The lowest BCUT2D eigenvalue weighted by Gasteiger charge is -2.37. The normalized spacial score (nSPS) is 24.2. The highest BCUT2D eigenvalue weighted by Crippen LogP contribution is 2.36. The van der Waals surface area contributed by atoms with Crippen LogP contribution in [-0.2, 0) is 11.8 Å². The van der Waals surface area contributed by atoms with Crippen molar-refractivity contribution >= 4 is 0 Å². The van der Waals surface area contributed by atoms with Crippen LogP contribution >= 0.6 is 0 Å². The average Bonchev–Trinajstić information content (AvgIpc) is 2.77. The molecular weight excluding hydrogens is 238 g/mol. The van der Waals surface area contributed by atoms with E-state index in [2.05, 4.69) is 30.5 Å². The van der Waals surface area contributed by atoms with Crippen LogP contribution in [0.2, 0.25) is 0 Å². The molecule has 1 N–H and O–H groups in total. The Morgan fingerprint density at radius 2 is 2.26 bits per heavy atom. The van der Waals surface area contributed by atoms with Crippen molar-refractivity contribution in [3.05, 3.63) is 18.0 Å². The van der Waals surface area contributed by atoms with Crippen LogP contribution in [0.25, 0.3) is 0 Å². The molecule has 1 aliphatic carbocycles. The number of hydrogen-bond donors (Lipinski definition) is 1. The minimum absolute atomic E-state index is 0.446. The third kappa shape index (κ3) is 4.05. The zero-order valence-corrected chi connectivity index (χ0v) is 12.4. The van der Waals surface area contributed by atoms with Crippen molar-refractivity contribution in [3.8, 4) is 0 Å². The highest BCUT2D eigenvalue weighted by Gasteiger charge is 2.31. The molecule has 19 heavy (non-hydrogen) atoms. The second kappa shape index (κ2) is 7.06. The Labute approximate surface area is 116 Å². The maximum atomic E-state index is 5.64. The van der Waals surface area contributed by atoms with E-state index < -0.39 is 0 Å². The molecule has 0 aliphatic heterocycles. The second-order valence-electron chi connectivity index (χ2n) is 5.60. The standard InChI is InChI=1S/C15H27N3O/c1-4-6-16-15(13-10-17-18(3)11-13)9-12-7-14(8-12)19-5-2/h10-12,14-16H,4-9H2,1-3H3. The fourth-order valence-electron chi connectivity index (χ4n) is 2.85. The van der Waals surface area contributed by atoms with E-state index in [0.29, 0.717) is 12.1 Å². The Kier molecular flexibility index (Phi) is 5.40. The van der Waals surface area contributed by atoms with Crippen LogP contribution in [0, 0.1) is 5.92 Å². The lowest BCUT2D eigenvalue weighted by atomic mass is 9.77. The van der Waals surface area contributed by atoms with E-state index in [1.807, 2.05) is 17.9 Å². The summed E-state index contributed by atoms with van der Waals surface area (Å²) < 4.78 is 7.53. The molecule has 108 valence electrons. The Bertz CT molecular complexity index is 371. The van der Waals surface area contributed by atoms with E-state index in [4.69, 9.17) is 4.74 Å². The summed E-state index contributed by atoms with van der Waals surface area (Å²) in [6.45, 7) is 6.20. The maximum absolute atomic E-state index is 5.64. The molecule has 0 aromatic carbocycles. The summed E-state index contributed by atoms with van der Waals surface area (Å²) in [6.07, 6.45) is 9.45. The van der Waals surface area contributed by atoms with Gasteiger partial charge in [0, 0.05) is 31.5 Å². The van der Waals surface area contributed by atoms with Crippen LogP contribution in [0.4, 0.5) is 0 Å². The first-order valence-electron chi connectivity index (χ1n) is 7.56. The molecule has 0 bridgehead atoms. The van der Waals surface area contributed by atoms with Gasteiger partial charge in [-0.2, -0.15) is 5.10 Å². The van der Waals surface area contributed by atoms with Gasteiger partial charge in [-0.05, 0) is 45.1 Å². The molecule has 1 aromatic heterocycles. The lowest BCUT2D eigenvalue weighted by molar-refractivity contribution is -0.0291. The number of nitrogens with zero attached hydrogens (tertiary/aromatic N) is 2. The zero-order valence-electron chi connectivity index (χ0n) is 12.4. The SMILES string of the molecule is CCCNC(CC1CC(OCC)C1)c1cnn(C)c1. The van der Waals surface area contributed by atoms with Gasteiger partial charge in [0.15, 0.2) is 0 Å². The minimum atomic E-state index is 0.446. The number of hydrogen-bond acceptors (Lipinski definition) is 3. The summed E-state index contributed by atoms with van der Waals surface area (Å²) in [5.41, 5.74) is 1.32. The van der Waals surface area contributed by atoms with Gasteiger partial charge in [0.25, 0.3) is 0 Å². The predicted octanol–water partition coefficient (Wildman–Crippen LogP) is 2.67. The van der Waals surface area contributed by atoms with Gasteiger partial charge in [-0.3, -0.25) is 4.68 Å². The quantitative estimate of drug-likeness (QED) is 0.785. The predicted molar refractivity (Wildman–Crippen MR) is 77.0 cm³/mol. The molecule has 1 aliphatic rings. The highest BCUT2D eigenvalue weighted by atomic mass is 16.5. The molecule has 1 fully saturated rings.